The van der Waals surface area contributed by atoms with Gasteiger partial charge in [-0.05, 0) is 36.6 Å². The Balaban J connectivity index is 1.43. The van der Waals surface area contributed by atoms with Crippen LogP contribution in [0.15, 0.2) is 47.6 Å². The van der Waals surface area contributed by atoms with E-state index in [2.05, 4.69) is 5.10 Å². The van der Waals surface area contributed by atoms with Crippen LogP contribution in [0, 0.1) is 11.7 Å². The first-order valence-electron chi connectivity index (χ1n) is 10.8. The largest absolute Gasteiger partial charge is 0.454 e. The van der Waals surface area contributed by atoms with Crippen molar-refractivity contribution in [3.63, 3.8) is 0 Å². The molecule has 2 heterocycles. The van der Waals surface area contributed by atoms with Crippen LogP contribution in [0.5, 0.6) is 11.5 Å². The Labute approximate surface area is 185 Å². The number of carbonyl (C=O) groups is 2. The first kappa shape index (κ1) is 20.5. The minimum absolute atomic E-state index is 0.00788. The van der Waals surface area contributed by atoms with Crippen LogP contribution >= 0.6 is 0 Å². The van der Waals surface area contributed by atoms with Gasteiger partial charge in [0.15, 0.2) is 11.5 Å². The van der Waals surface area contributed by atoms with Gasteiger partial charge >= 0.3 is 0 Å². The molecular weight excluding hydrogens is 413 g/mol. The average molecular weight is 437 g/mol. The van der Waals surface area contributed by atoms with Crippen molar-refractivity contribution in [2.24, 2.45) is 11.0 Å². The monoisotopic (exact) mass is 437 g/mol. The molecule has 0 N–H and O–H groups in total. The van der Waals surface area contributed by atoms with Crippen molar-refractivity contribution in [3.05, 3.63) is 59.4 Å². The van der Waals surface area contributed by atoms with E-state index in [4.69, 9.17) is 9.47 Å². The van der Waals surface area contributed by atoms with E-state index >= 15 is 0 Å². The Morgan fingerprint density at radius 3 is 2.69 bits per heavy atom. The fourth-order valence-electron chi connectivity index (χ4n) is 4.30. The molecule has 0 unspecified atom stereocenters. The average Bonchev–Trinajstić information content (AvgIpc) is 3.39. The molecular formula is C24H24FN3O4. The van der Waals surface area contributed by atoms with Gasteiger partial charge < -0.3 is 14.4 Å². The number of hydrogen-bond acceptors (Lipinski definition) is 5. The van der Waals surface area contributed by atoms with E-state index in [-0.39, 0.29) is 36.9 Å². The zero-order chi connectivity index (χ0) is 22.2. The van der Waals surface area contributed by atoms with Crippen LogP contribution in [0.3, 0.4) is 0 Å². The minimum atomic E-state index is -0.432. The Morgan fingerprint density at radius 1 is 1.16 bits per heavy atom. The number of likely N-dealkylation sites (N-methyl/N-ethyl adjacent to an activating group) is 1. The number of hydrogen-bond donors (Lipinski definition) is 0. The smallest absolute Gasteiger partial charge is 0.262 e. The Kier molecular flexibility index (Phi) is 5.28. The number of amides is 2. The van der Waals surface area contributed by atoms with Gasteiger partial charge in [0.1, 0.15) is 12.4 Å². The molecule has 7 nitrogen and oxygen atoms in total. The number of ether oxygens (including phenoxy) is 2. The molecule has 1 fully saturated rings. The second-order valence-corrected chi connectivity index (χ2v) is 8.42. The van der Waals surface area contributed by atoms with Crippen LogP contribution in [0.2, 0.25) is 0 Å². The highest BCUT2D eigenvalue weighted by Gasteiger charge is 2.36. The lowest BCUT2D eigenvalue weighted by atomic mass is 9.84. The molecule has 1 aliphatic carbocycles. The standard InChI is InChI=1S/C24H24FN3O4/c1-27(24(30)15-5-4-6-15)13-23(29)28-20(16-9-10-21-22(11-16)32-14-31-21)12-19(26-28)17-7-2-3-8-18(17)25/h2-3,7-11,15,20H,4-6,12-14H2,1H3/t20-/m0/s1. The lowest BCUT2D eigenvalue weighted by Gasteiger charge is -2.30. The number of halogens is 1. The molecule has 0 bridgehead atoms. The summed E-state index contributed by atoms with van der Waals surface area (Å²) in [5, 5.41) is 5.89. The molecule has 0 radical (unpaired) electrons. The maximum Gasteiger partial charge on any atom is 0.262 e. The second-order valence-electron chi connectivity index (χ2n) is 8.42. The third-order valence-electron chi connectivity index (χ3n) is 6.34. The minimum Gasteiger partial charge on any atom is -0.454 e. The van der Waals surface area contributed by atoms with E-state index in [1.54, 1.807) is 31.3 Å². The fourth-order valence-corrected chi connectivity index (χ4v) is 4.30. The van der Waals surface area contributed by atoms with Gasteiger partial charge in [-0.15, -0.1) is 0 Å². The number of fused-ring (bicyclic) bond motifs is 1. The predicted octanol–water partition coefficient (Wildman–Crippen LogP) is 3.49. The van der Waals surface area contributed by atoms with Gasteiger partial charge in [-0.2, -0.15) is 5.10 Å². The van der Waals surface area contributed by atoms with Crippen LogP contribution in [0.4, 0.5) is 4.39 Å². The van der Waals surface area contributed by atoms with E-state index in [0.717, 1.165) is 24.8 Å². The molecule has 2 aromatic rings. The highest BCUT2D eigenvalue weighted by Crippen LogP contribution is 2.39. The van der Waals surface area contributed by atoms with Crippen molar-refractivity contribution in [1.82, 2.24) is 9.91 Å². The SMILES string of the molecule is CN(CC(=O)N1N=C(c2ccccc2F)C[C@H]1c1ccc2c(c1)OCO2)C(=O)C1CCC1. The first-order chi connectivity index (χ1) is 15.5. The lowest BCUT2D eigenvalue weighted by Crippen LogP contribution is -2.42. The number of hydrazone groups is 1. The molecule has 0 aromatic heterocycles. The lowest BCUT2D eigenvalue weighted by molar-refractivity contribution is -0.144. The number of rotatable bonds is 5. The summed E-state index contributed by atoms with van der Waals surface area (Å²) in [6.07, 6.45) is 3.15. The third-order valence-corrected chi connectivity index (χ3v) is 6.34. The highest BCUT2D eigenvalue weighted by molar-refractivity contribution is 6.03. The molecule has 32 heavy (non-hydrogen) atoms. The molecule has 2 aliphatic heterocycles. The number of carbonyl (C=O) groups excluding carboxylic acids is 2. The first-order valence-corrected chi connectivity index (χ1v) is 10.8. The van der Waals surface area contributed by atoms with E-state index in [9.17, 15) is 14.0 Å². The quantitative estimate of drug-likeness (QED) is 0.718. The van der Waals surface area contributed by atoms with Crippen LogP contribution in [0.25, 0.3) is 0 Å². The fraction of sp³-hybridized carbons (Fsp3) is 0.375. The van der Waals surface area contributed by atoms with Crippen LogP contribution < -0.4 is 9.47 Å². The molecule has 5 rings (SSSR count). The molecule has 3 aliphatic rings. The van der Waals surface area contributed by atoms with Gasteiger partial charge in [0.2, 0.25) is 12.7 Å². The van der Waals surface area contributed by atoms with Gasteiger partial charge in [-0.3, -0.25) is 9.59 Å². The summed E-state index contributed by atoms with van der Waals surface area (Å²) < 4.78 is 25.3. The summed E-state index contributed by atoms with van der Waals surface area (Å²) in [5.41, 5.74) is 1.67. The van der Waals surface area contributed by atoms with Crippen molar-refractivity contribution in [2.75, 3.05) is 20.4 Å². The topological polar surface area (TPSA) is 71.4 Å². The van der Waals surface area contributed by atoms with Crippen molar-refractivity contribution in [3.8, 4) is 11.5 Å². The van der Waals surface area contributed by atoms with Crippen LogP contribution in [-0.2, 0) is 9.59 Å². The zero-order valence-electron chi connectivity index (χ0n) is 17.8. The number of nitrogens with zero attached hydrogens (tertiary/aromatic N) is 3. The molecule has 2 amide bonds. The molecule has 0 spiro atoms. The van der Waals surface area contributed by atoms with Gasteiger partial charge in [-0.25, -0.2) is 9.40 Å². The molecule has 2 aromatic carbocycles. The van der Waals surface area contributed by atoms with Crippen molar-refractivity contribution < 1.29 is 23.5 Å². The van der Waals surface area contributed by atoms with Crippen molar-refractivity contribution >= 4 is 17.5 Å². The maximum atomic E-state index is 14.5. The van der Waals surface area contributed by atoms with E-state index in [0.29, 0.717) is 29.2 Å². The summed E-state index contributed by atoms with van der Waals surface area (Å²) in [4.78, 5) is 27.2. The predicted molar refractivity (Wildman–Crippen MR) is 115 cm³/mol. The van der Waals surface area contributed by atoms with Crippen LogP contribution in [0.1, 0.15) is 42.9 Å². The summed E-state index contributed by atoms with van der Waals surface area (Å²) in [6.45, 7) is 0.0710. The van der Waals surface area contributed by atoms with Crippen molar-refractivity contribution in [1.29, 1.82) is 0 Å². The molecule has 1 atom stereocenters. The summed E-state index contributed by atoms with van der Waals surface area (Å²) >= 11 is 0. The summed E-state index contributed by atoms with van der Waals surface area (Å²) in [6, 6.07) is 11.5. The summed E-state index contributed by atoms with van der Waals surface area (Å²) in [5.74, 6) is 0.545. The highest BCUT2D eigenvalue weighted by atomic mass is 19.1. The van der Waals surface area contributed by atoms with Gasteiger partial charge in [0.25, 0.3) is 5.91 Å². The summed E-state index contributed by atoms with van der Waals surface area (Å²) in [7, 11) is 1.64. The molecule has 8 heteroatoms. The Hall–Kier alpha value is -3.42. The van der Waals surface area contributed by atoms with E-state index in [1.165, 1.54) is 16.0 Å². The van der Waals surface area contributed by atoms with Crippen LogP contribution in [-0.4, -0.2) is 47.8 Å². The molecule has 1 saturated carbocycles. The number of benzene rings is 2. The van der Waals surface area contributed by atoms with Gasteiger partial charge in [0.05, 0.1) is 11.8 Å². The van der Waals surface area contributed by atoms with Gasteiger partial charge in [0, 0.05) is 24.9 Å². The Bertz CT molecular complexity index is 1100. The molecule has 166 valence electrons. The maximum absolute atomic E-state index is 14.5. The van der Waals surface area contributed by atoms with Gasteiger partial charge in [-0.1, -0.05) is 30.7 Å². The Morgan fingerprint density at radius 2 is 1.94 bits per heavy atom. The van der Waals surface area contributed by atoms with E-state index in [1.807, 2.05) is 12.1 Å². The second kappa shape index (κ2) is 8.26. The normalized spacial score (nSPS) is 19.5. The molecule has 0 saturated heterocycles. The third kappa shape index (κ3) is 3.70. The zero-order valence-corrected chi connectivity index (χ0v) is 17.8. The van der Waals surface area contributed by atoms with Crippen molar-refractivity contribution in [2.45, 2.75) is 31.7 Å². The van der Waals surface area contributed by atoms with E-state index < -0.39 is 6.04 Å².